The number of carbonyl (C=O) groups is 1. The molecule has 0 spiro atoms. The number of hydrogen-bond acceptors (Lipinski definition) is 3. The van der Waals surface area contributed by atoms with Gasteiger partial charge in [0, 0.05) is 5.75 Å². The summed E-state index contributed by atoms with van der Waals surface area (Å²) in [5, 5.41) is 4.03. The van der Waals surface area contributed by atoms with Gasteiger partial charge in [-0.1, -0.05) is 42.1 Å². The Morgan fingerprint density at radius 2 is 1.88 bits per heavy atom. The summed E-state index contributed by atoms with van der Waals surface area (Å²) in [6.45, 7) is 0.840. The number of nitrogens with zero attached hydrogens (tertiary/aromatic N) is 1. The van der Waals surface area contributed by atoms with Crippen molar-refractivity contribution in [3.05, 3.63) is 35.9 Å². The molecule has 0 saturated heterocycles. The van der Waals surface area contributed by atoms with Crippen LogP contribution in [0, 0.1) is 17.3 Å². The summed E-state index contributed by atoms with van der Waals surface area (Å²) in [6, 6.07) is 11.0. The van der Waals surface area contributed by atoms with Gasteiger partial charge in [-0.15, -0.1) is 0 Å². The van der Waals surface area contributed by atoms with Gasteiger partial charge in [-0.3, -0.25) is 9.79 Å². The van der Waals surface area contributed by atoms with Crippen molar-refractivity contribution in [3.63, 3.8) is 0 Å². The molecule has 5 aliphatic rings. The molecule has 4 aliphatic carbocycles. The Bertz CT molecular complexity index is 685. The Morgan fingerprint density at radius 1 is 1.12 bits per heavy atom. The Morgan fingerprint density at radius 3 is 2.54 bits per heavy atom. The molecule has 1 aromatic carbocycles. The second-order valence-electron chi connectivity index (χ2n) is 8.38. The van der Waals surface area contributed by atoms with Crippen LogP contribution in [0.25, 0.3) is 0 Å². The van der Waals surface area contributed by atoms with Crippen LogP contribution in [0.15, 0.2) is 35.3 Å². The van der Waals surface area contributed by atoms with E-state index < -0.39 is 0 Å². The predicted molar refractivity (Wildman–Crippen MR) is 98.1 cm³/mol. The largest absolute Gasteiger partial charge is 0.305 e. The van der Waals surface area contributed by atoms with Gasteiger partial charge in [0.15, 0.2) is 5.17 Å². The van der Waals surface area contributed by atoms with Crippen molar-refractivity contribution < 1.29 is 4.79 Å². The second kappa shape index (κ2) is 5.35. The molecule has 1 heterocycles. The van der Waals surface area contributed by atoms with Crippen molar-refractivity contribution in [2.45, 2.75) is 43.9 Å². The molecule has 126 valence electrons. The zero-order valence-electron chi connectivity index (χ0n) is 14.0. The van der Waals surface area contributed by atoms with E-state index in [9.17, 15) is 4.79 Å². The van der Waals surface area contributed by atoms with Crippen LogP contribution in [-0.4, -0.2) is 23.4 Å². The predicted octanol–water partition coefficient (Wildman–Crippen LogP) is 3.74. The van der Waals surface area contributed by atoms with Gasteiger partial charge in [0.2, 0.25) is 5.91 Å². The molecule has 1 aliphatic heterocycles. The molecule has 24 heavy (non-hydrogen) atoms. The van der Waals surface area contributed by atoms with E-state index in [0.29, 0.717) is 0 Å². The van der Waals surface area contributed by atoms with Crippen LogP contribution in [0.5, 0.6) is 0 Å². The average molecular weight is 340 g/mol. The number of amides is 1. The monoisotopic (exact) mass is 340 g/mol. The van der Waals surface area contributed by atoms with Crippen molar-refractivity contribution in [2.75, 3.05) is 12.3 Å². The third-order valence-electron chi connectivity index (χ3n) is 6.73. The first kappa shape index (κ1) is 15.0. The van der Waals surface area contributed by atoms with Crippen LogP contribution in [-0.2, 0) is 10.2 Å². The van der Waals surface area contributed by atoms with Gasteiger partial charge < -0.3 is 5.32 Å². The van der Waals surface area contributed by atoms with E-state index in [1.807, 2.05) is 0 Å². The van der Waals surface area contributed by atoms with Crippen LogP contribution in [0.4, 0.5) is 0 Å². The Balaban J connectivity index is 1.48. The topological polar surface area (TPSA) is 41.5 Å². The lowest BCUT2D eigenvalue weighted by Gasteiger charge is -2.61. The maximum Gasteiger partial charge on any atom is 0.232 e. The number of rotatable bonds is 2. The molecule has 1 N–H and O–H groups in total. The first-order valence-corrected chi connectivity index (χ1v) is 10.2. The number of aliphatic imine (C=N–C) groups is 1. The molecule has 0 radical (unpaired) electrons. The average Bonchev–Trinajstić information content (AvgIpc) is 3.07. The lowest BCUT2D eigenvalue weighted by molar-refractivity contribution is -0.147. The molecule has 2 unspecified atom stereocenters. The van der Waals surface area contributed by atoms with E-state index >= 15 is 0 Å². The van der Waals surface area contributed by atoms with Crippen molar-refractivity contribution in [1.82, 2.24) is 5.32 Å². The highest BCUT2D eigenvalue weighted by molar-refractivity contribution is 8.14. The third-order valence-corrected chi connectivity index (χ3v) is 7.63. The highest BCUT2D eigenvalue weighted by atomic mass is 32.2. The minimum atomic E-state index is -0.161. The van der Waals surface area contributed by atoms with Gasteiger partial charge in [-0.05, 0) is 61.3 Å². The minimum Gasteiger partial charge on any atom is -0.305 e. The van der Waals surface area contributed by atoms with Crippen LogP contribution < -0.4 is 5.32 Å². The molecular formula is C20H24N2OS. The first-order chi connectivity index (χ1) is 11.7. The Hall–Kier alpha value is -1.29. The zero-order chi connectivity index (χ0) is 16.2. The van der Waals surface area contributed by atoms with Crippen LogP contribution in [0.2, 0.25) is 0 Å². The molecule has 4 bridgehead atoms. The summed E-state index contributed by atoms with van der Waals surface area (Å²) in [5.74, 6) is 2.69. The van der Waals surface area contributed by atoms with Crippen LogP contribution in [0.3, 0.4) is 0 Å². The van der Waals surface area contributed by atoms with Gasteiger partial charge >= 0.3 is 0 Å². The molecule has 2 atom stereocenters. The Kier molecular flexibility index (Phi) is 3.35. The summed E-state index contributed by atoms with van der Waals surface area (Å²) in [7, 11) is 0. The Labute approximate surface area is 147 Å². The van der Waals surface area contributed by atoms with Crippen molar-refractivity contribution >= 4 is 22.8 Å². The van der Waals surface area contributed by atoms with Crippen molar-refractivity contribution in [3.8, 4) is 0 Å². The number of carbonyl (C=O) groups excluding carboxylic acids is 1. The SMILES string of the molecule is O=C(NC1=NCCS1)C12CC3CC(C1)CC(c1ccccc1)(C3)C2. The van der Waals surface area contributed by atoms with E-state index in [2.05, 4.69) is 40.6 Å². The molecular weight excluding hydrogens is 316 g/mol. The quantitative estimate of drug-likeness (QED) is 0.891. The van der Waals surface area contributed by atoms with Crippen LogP contribution >= 0.6 is 11.8 Å². The number of nitrogens with one attached hydrogen (secondary N) is 1. The number of thioether (sulfide) groups is 1. The standard InChI is InChI=1S/C20H24N2OS/c23-17(22-18-21-6-7-24-18)20-11-14-8-15(12-20)10-19(9-14,13-20)16-4-2-1-3-5-16/h1-5,14-15H,6-13H2,(H,21,22,23). The first-order valence-electron chi connectivity index (χ1n) is 9.22. The highest BCUT2D eigenvalue weighted by Gasteiger charge is 2.61. The van der Waals surface area contributed by atoms with E-state index in [-0.39, 0.29) is 16.7 Å². The fourth-order valence-electron chi connectivity index (χ4n) is 6.30. The lowest BCUT2D eigenvalue weighted by atomic mass is 9.42. The fourth-order valence-corrected chi connectivity index (χ4v) is 7.02. The van der Waals surface area contributed by atoms with E-state index in [1.54, 1.807) is 11.8 Å². The van der Waals surface area contributed by atoms with E-state index in [4.69, 9.17) is 0 Å². The molecule has 4 saturated carbocycles. The highest BCUT2D eigenvalue weighted by Crippen LogP contribution is 2.65. The fraction of sp³-hybridized carbons (Fsp3) is 0.600. The molecule has 1 aromatic rings. The summed E-state index contributed by atoms with van der Waals surface area (Å²) in [4.78, 5) is 17.6. The minimum absolute atomic E-state index is 0.161. The summed E-state index contributed by atoms with van der Waals surface area (Å²) in [5.41, 5.74) is 1.53. The molecule has 0 aromatic heterocycles. The van der Waals surface area contributed by atoms with Gasteiger partial charge in [-0.25, -0.2) is 0 Å². The summed E-state index contributed by atoms with van der Waals surface area (Å²) < 4.78 is 0. The molecule has 4 heteroatoms. The molecule has 3 nitrogen and oxygen atoms in total. The normalized spacial score (nSPS) is 39.8. The number of hydrogen-bond donors (Lipinski definition) is 1. The van der Waals surface area contributed by atoms with Crippen LogP contribution in [0.1, 0.15) is 44.1 Å². The molecule has 1 amide bonds. The van der Waals surface area contributed by atoms with Crippen molar-refractivity contribution in [2.24, 2.45) is 22.2 Å². The maximum atomic E-state index is 13.2. The van der Waals surface area contributed by atoms with Gasteiger partial charge in [-0.2, -0.15) is 0 Å². The molecule has 6 rings (SSSR count). The number of amidine groups is 1. The second-order valence-corrected chi connectivity index (χ2v) is 9.46. The summed E-state index contributed by atoms with van der Waals surface area (Å²) >= 11 is 1.69. The molecule has 4 fully saturated rings. The van der Waals surface area contributed by atoms with Gasteiger partial charge in [0.25, 0.3) is 0 Å². The van der Waals surface area contributed by atoms with E-state index in [0.717, 1.165) is 48.6 Å². The third kappa shape index (κ3) is 2.26. The lowest BCUT2D eigenvalue weighted by Crippen LogP contribution is -2.59. The van der Waals surface area contributed by atoms with Gasteiger partial charge in [0.05, 0.1) is 12.0 Å². The van der Waals surface area contributed by atoms with E-state index in [1.165, 1.54) is 24.8 Å². The summed E-state index contributed by atoms with van der Waals surface area (Å²) in [6.07, 6.45) is 7.08. The number of benzene rings is 1. The smallest absolute Gasteiger partial charge is 0.232 e. The maximum absolute atomic E-state index is 13.2. The van der Waals surface area contributed by atoms with Crippen molar-refractivity contribution in [1.29, 1.82) is 0 Å². The zero-order valence-corrected chi connectivity index (χ0v) is 14.8. The van der Waals surface area contributed by atoms with Gasteiger partial charge in [0.1, 0.15) is 0 Å².